The van der Waals surface area contributed by atoms with E-state index in [1.54, 1.807) is 24.3 Å². The summed E-state index contributed by atoms with van der Waals surface area (Å²) >= 11 is 3.22. The molecule has 1 N–H and O–H groups in total. The molecule has 0 amide bonds. The van der Waals surface area contributed by atoms with Crippen LogP contribution in [0.5, 0.6) is 5.75 Å². The molecule has 0 unspecified atom stereocenters. The predicted octanol–water partition coefficient (Wildman–Crippen LogP) is 3.96. The second-order valence-electron chi connectivity index (χ2n) is 3.18. The Morgan fingerprint density at radius 3 is 2.40 bits per heavy atom. The zero-order valence-corrected chi connectivity index (χ0v) is 9.33. The van der Waals surface area contributed by atoms with Gasteiger partial charge >= 0.3 is 0 Å². The Bertz CT molecular complexity index is 497. The summed E-state index contributed by atoms with van der Waals surface area (Å²) in [6.45, 7) is 0. The van der Waals surface area contributed by atoms with Crippen molar-refractivity contribution >= 4 is 15.9 Å². The van der Waals surface area contributed by atoms with E-state index in [1.165, 1.54) is 12.1 Å². The Labute approximate surface area is 95.3 Å². The van der Waals surface area contributed by atoms with E-state index in [0.717, 1.165) is 11.1 Å². The second kappa shape index (κ2) is 4.03. The van der Waals surface area contributed by atoms with Gasteiger partial charge in [-0.05, 0) is 51.3 Å². The van der Waals surface area contributed by atoms with Gasteiger partial charge in [0.05, 0.1) is 4.47 Å². The maximum absolute atomic E-state index is 13.0. The van der Waals surface area contributed by atoms with E-state index in [0.29, 0.717) is 4.47 Å². The lowest BCUT2D eigenvalue weighted by atomic mass is 10.1. The predicted molar refractivity (Wildman–Crippen MR) is 61.2 cm³/mol. The molecule has 0 atom stereocenters. The fraction of sp³-hybridized carbons (Fsp3) is 0. The van der Waals surface area contributed by atoms with E-state index in [-0.39, 0.29) is 11.6 Å². The number of hydrogen-bond acceptors (Lipinski definition) is 1. The van der Waals surface area contributed by atoms with Crippen molar-refractivity contribution in [2.24, 2.45) is 0 Å². The summed E-state index contributed by atoms with van der Waals surface area (Å²) in [4.78, 5) is 0. The van der Waals surface area contributed by atoms with E-state index < -0.39 is 0 Å². The molecule has 0 aliphatic carbocycles. The third-order valence-electron chi connectivity index (χ3n) is 2.11. The van der Waals surface area contributed by atoms with Crippen molar-refractivity contribution < 1.29 is 9.50 Å². The lowest BCUT2D eigenvalue weighted by Gasteiger charge is -2.03. The third kappa shape index (κ3) is 2.18. The third-order valence-corrected chi connectivity index (χ3v) is 2.74. The molecule has 0 aliphatic heterocycles. The van der Waals surface area contributed by atoms with Crippen LogP contribution >= 0.6 is 15.9 Å². The van der Waals surface area contributed by atoms with Crippen molar-refractivity contribution in [1.29, 1.82) is 0 Å². The summed E-state index contributed by atoms with van der Waals surface area (Å²) in [5.41, 5.74) is 1.65. The first kappa shape index (κ1) is 10.2. The minimum atomic E-state index is -0.267. The topological polar surface area (TPSA) is 20.2 Å². The number of hydrogen-bond donors (Lipinski definition) is 1. The van der Waals surface area contributed by atoms with E-state index in [4.69, 9.17) is 0 Å². The number of halogens is 2. The van der Waals surface area contributed by atoms with Crippen LogP contribution in [-0.4, -0.2) is 5.11 Å². The molecule has 3 heteroatoms. The van der Waals surface area contributed by atoms with Crippen LogP contribution in [0.3, 0.4) is 0 Å². The second-order valence-corrected chi connectivity index (χ2v) is 4.03. The lowest BCUT2D eigenvalue weighted by molar-refractivity contribution is 0.472. The number of aromatic hydroxyl groups is 1. The van der Waals surface area contributed by atoms with Crippen LogP contribution < -0.4 is 0 Å². The first-order chi connectivity index (χ1) is 7.16. The molecule has 2 rings (SSSR count). The van der Waals surface area contributed by atoms with E-state index in [9.17, 15) is 9.50 Å². The molecule has 0 saturated heterocycles. The molecule has 0 aliphatic rings. The lowest BCUT2D eigenvalue weighted by Crippen LogP contribution is -1.80. The summed E-state index contributed by atoms with van der Waals surface area (Å²) in [5, 5.41) is 9.32. The Balaban J connectivity index is 2.50. The molecule has 1 nitrogen and oxygen atoms in total. The fourth-order valence-corrected chi connectivity index (χ4v) is 1.73. The van der Waals surface area contributed by atoms with E-state index >= 15 is 0 Å². The van der Waals surface area contributed by atoms with Gasteiger partial charge in [-0.1, -0.05) is 18.2 Å². The van der Waals surface area contributed by atoms with Gasteiger partial charge < -0.3 is 5.11 Å². The number of phenolic OH excluding ortho intramolecular Hbond substituents is 1. The minimum Gasteiger partial charge on any atom is -0.507 e. The Kier molecular flexibility index (Phi) is 2.73. The average Bonchev–Trinajstić information content (AvgIpc) is 2.22. The molecule has 0 heterocycles. The van der Waals surface area contributed by atoms with Crippen LogP contribution in [-0.2, 0) is 0 Å². The van der Waals surface area contributed by atoms with Crippen molar-refractivity contribution in [2.45, 2.75) is 0 Å². The Hall–Kier alpha value is -1.35. The average molecular weight is 267 g/mol. The maximum Gasteiger partial charge on any atom is 0.129 e. The highest BCUT2D eigenvalue weighted by Crippen LogP contribution is 2.29. The quantitative estimate of drug-likeness (QED) is 0.829. The van der Waals surface area contributed by atoms with Gasteiger partial charge in [0.25, 0.3) is 0 Å². The summed E-state index contributed by atoms with van der Waals surface area (Å²) in [5.74, 6) is -0.0909. The zero-order chi connectivity index (χ0) is 10.8. The highest BCUT2D eigenvalue weighted by Gasteiger charge is 2.02. The molecule has 0 fully saturated rings. The molecule has 0 aromatic heterocycles. The van der Waals surface area contributed by atoms with Crippen molar-refractivity contribution in [1.82, 2.24) is 0 Å². The number of benzene rings is 2. The summed E-state index contributed by atoms with van der Waals surface area (Å²) in [6.07, 6.45) is 0. The molecule has 0 saturated carbocycles. The highest BCUT2D eigenvalue weighted by atomic mass is 79.9. The van der Waals surface area contributed by atoms with Gasteiger partial charge in [-0.3, -0.25) is 0 Å². The molecular formula is C12H8BrFO. The van der Waals surface area contributed by atoms with Crippen molar-refractivity contribution in [3.05, 3.63) is 52.8 Å². The largest absolute Gasteiger partial charge is 0.507 e. The molecule has 15 heavy (non-hydrogen) atoms. The van der Waals surface area contributed by atoms with Gasteiger partial charge in [0, 0.05) is 0 Å². The minimum absolute atomic E-state index is 0.176. The zero-order valence-electron chi connectivity index (χ0n) is 7.74. The van der Waals surface area contributed by atoms with E-state index in [1.807, 2.05) is 6.07 Å². The first-order valence-corrected chi connectivity index (χ1v) is 5.20. The molecule has 2 aromatic rings. The van der Waals surface area contributed by atoms with Gasteiger partial charge in [0.15, 0.2) is 0 Å². The monoisotopic (exact) mass is 266 g/mol. The molecule has 0 radical (unpaired) electrons. The summed E-state index contributed by atoms with van der Waals surface area (Å²) in [6, 6.07) is 11.4. The van der Waals surface area contributed by atoms with Crippen molar-refractivity contribution in [3.8, 4) is 16.9 Å². The SMILES string of the molecule is Oc1ccc(-c2cccc(F)c2)cc1Br. The van der Waals surface area contributed by atoms with Crippen LogP contribution in [0.2, 0.25) is 0 Å². The van der Waals surface area contributed by atoms with Crippen molar-refractivity contribution in [3.63, 3.8) is 0 Å². The molecule has 0 spiro atoms. The molecule has 0 bridgehead atoms. The van der Waals surface area contributed by atoms with Crippen LogP contribution in [0, 0.1) is 5.82 Å². The maximum atomic E-state index is 13.0. The number of rotatable bonds is 1. The fourth-order valence-electron chi connectivity index (χ4n) is 1.35. The van der Waals surface area contributed by atoms with Crippen LogP contribution in [0.15, 0.2) is 46.9 Å². The Morgan fingerprint density at radius 2 is 1.73 bits per heavy atom. The van der Waals surface area contributed by atoms with Crippen LogP contribution in [0.25, 0.3) is 11.1 Å². The normalized spacial score (nSPS) is 10.3. The summed E-state index contributed by atoms with van der Waals surface area (Å²) in [7, 11) is 0. The van der Waals surface area contributed by atoms with Gasteiger partial charge in [0.1, 0.15) is 11.6 Å². The van der Waals surface area contributed by atoms with Gasteiger partial charge in [0.2, 0.25) is 0 Å². The first-order valence-electron chi connectivity index (χ1n) is 4.41. The number of phenols is 1. The van der Waals surface area contributed by atoms with E-state index in [2.05, 4.69) is 15.9 Å². The van der Waals surface area contributed by atoms with Gasteiger partial charge in [-0.2, -0.15) is 0 Å². The Morgan fingerprint density at radius 1 is 1.00 bits per heavy atom. The molecular weight excluding hydrogens is 259 g/mol. The van der Waals surface area contributed by atoms with Crippen LogP contribution in [0.1, 0.15) is 0 Å². The highest BCUT2D eigenvalue weighted by molar-refractivity contribution is 9.10. The molecule has 2 aromatic carbocycles. The molecule has 76 valence electrons. The van der Waals surface area contributed by atoms with Crippen LogP contribution in [0.4, 0.5) is 4.39 Å². The smallest absolute Gasteiger partial charge is 0.129 e. The standard InChI is InChI=1S/C12H8BrFO/c13-11-7-9(4-5-12(11)15)8-2-1-3-10(14)6-8/h1-7,15H. The van der Waals surface area contributed by atoms with Gasteiger partial charge in [-0.25, -0.2) is 4.39 Å². The van der Waals surface area contributed by atoms with Crippen molar-refractivity contribution in [2.75, 3.05) is 0 Å². The van der Waals surface area contributed by atoms with Gasteiger partial charge in [-0.15, -0.1) is 0 Å². The summed E-state index contributed by atoms with van der Waals surface area (Å²) < 4.78 is 13.6.